The van der Waals surface area contributed by atoms with E-state index in [0.717, 1.165) is 23.9 Å². The van der Waals surface area contributed by atoms with E-state index in [0.29, 0.717) is 11.3 Å². The molecule has 10 heteroatoms. The number of carbonyl (C=O) groups excluding carboxylic acids is 2. The first kappa shape index (κ1) is 15.6. The van der Waals surface area contributed by atoms with Crippen LogP contribution >= 0.6 is 0 Å². The fourth-order valence-corrected chi connectivity index (χ4v) is 2.03. The van der Waals surface area contributed by atoms with Crippen LogP contribution in [0.3, 0.4) is 0 Å². The number of hydrogen-bond donors (Lipinski definition) is 2. The first-order valence-corrected chi connectivity index (χ1v) is 7.26. The van der Waals surface area contributed by atoms with Crippen molar-refractivity contribution in [3.8, 4) is 0 Å². The molecular formula is C14H14N6O4. The lowest BCUT2D eigenvalue weighted by atomic mass is 10.2. The summed E-state index contributed by atoms with van der Waals surface area (Å²) in [6, 6.07) is 6.79. The van der Waals surface area contributed by atoms with Gasteiger partial charge in [-0.3, -0.25) is 9.59 Å². The van der Waals surface area contributed by atoms with Crippen LogP contribution in [-0.2, 0) is 11.3 Å². The molecule has 1 aromatic carbocycles. The minimum Gasteiger partial charge on any atom is -0.390 e. The second-order valence-corrected chi connectivity index (χ2v) is 5.38. The Morgan fingerprint density at radius 1 is 1.38 bits per heavy atom. The van der Waals surface area contributed by atoms with Crippen LogP contribution < -0.4 is 10.6 Å². The van der Waals surface area contributed by atoms with Crippen molar-refractivity contribution in [1.82, 2.24) is 20.1 Å². The van der Waals surface area contributed by atoms with Gasteiger partial charge < -0.3 is 20.7 Å². The van der Waals surface area contributed by atoms with E-state index in [1.807, 2.05) is 0 Å². The highest BCUT2D eigenvalue weighted by Gasteiger charge is 2.23. The molecule has 0 spiro atoms. The van der Waals surface area contributed by atoms with Gasteiger partial charge in [-0.15, -0.1) is 0 Å². The standard InChI is InChI=1S/C14H14N6O4/c21-12(7-19-8-15-14(18-19)20(23)24)16-11-3-1-2-9(6-11)13(22)17-10-4-5-10/h1-3,6,8,10H,4-5,7H2,(H,16,21)(H,17,22). The third kappa shape index (κ3) is 3.91. The van der Waals surface area contributed by atoms with E-state index < -0.39 is 16.8 Å². The van der Waals surface area contributed by atoms with Crippen molar-refractivity contribution in [1.29, 1.82) is 0 Å². The number of amides is 2. The Hall–Kier alpha value is -3.30. The number of rotatable bonds is 6. The molecule has 3 rings (SSSR count). The molecule has 2 aromatic rings. The summed E-state index contributed by atoms with van der Waals surface area (Å²) in [5.74, 6) is -1.18. The normalized spacial score (nSPS) is 13.3. The molecule has 1 heterocycles. The number of benzene rings is 1. The maximum Gasteiger partial charge on any atom is 0.490 e. The van der Waals surface area contributed by atoms with Crippen molar-refractivity contribution in [2.75, 3.05) is 5.32 Å². The van der Waals surface area contributed by atoms with Crippen molar-refractivity contribution < 1.29 is 14.5 Å². The average molecular weight is 330 g/mol. The predicted molar refractivity (Wildman–Crippen MR) is 82.2 cm³/mol. The van der Waals surface area contributed by atoms with Crippen LogP contribution in [-0.4, -0.2) is 37.5 Å². The topological polar surface area (TPSA) is 132 Å². The maximum absolute atomic E-state index is 12.0. The summed E-state index contributed by atoms with van der Waals surface area (Å²) in [4.78, 5) is 37.2. The lowest BCUT2D eigenvalue weighted by Gasteiger charge is -2.07. The molecule has 24 heavy (non-hydrogen) atoms. The molecule has 1 saturated carbocycles. The van der Waals surface area contributed by atoms with Crippen LogP contribution in [0, 0.1) is 10.1 Å². The number of anilines is 1. The van der Waals surface area contributed by atoms with Crippen LogP contribution in [0.5, 0.6) is 0 Å². The van der Waals surface area contributed by atoms with Gasteiger partial charge in [-0.05, 0) is 36.0 Å². The zero-order chi connectivity index (χ0) is 17.1. The molecule has 0 aliphatic heterocycles. The third-order valence-corrected chi connectivity index (χ3v) is 3.31. The van der Waals surface area contributed by atoms with Crippen molar-refractivity contribution >= 4 is 23.5 Å². The average Bonchev–Trinajstić information content (AvgIpc) is 3.22. The molecule has 124 valence electrons. The molecule has 0 radical (unpaired) electrons. The highest BCUT2D eigenvalue weighted by molar-refractivity contribution is 5.97. The largest absolute Gasteiger partial charge is 0.490 e. The number of aromatic nitrogens is 3. The van der Waals surface area contributed by atoms with E-state index >= 15 is 0 Å². The number of carbonyl (C=O) groups is 2. The zero-order valence-corrected chi connectivity index (χ0v) is 12.5. The molecule has 1 aliphatic carbocycles. The smallest absolute Gasteiger partial charge is 0.390 e. The predicted octanol–water partition coefficient (Wildman–Crippen LogP) is 0.717. The number of hydrogen-bond acceptors (Lipinski definition) is 6. The van der Waals surface area contributed by atoms with Crippen LogP contribution in [0.1, 0.15) is 23.2 Å². The fourth-order valence-electron chi connectivity index (χ4n) is 2.03. The first-order valence-electron chi connectivity index (χ1n) is 7.26. The number of nitrogens with one attached hydrogen (secondary N) is 2. The number of nitro groups is 1. The summed E-state index contributed by atoms with van der Waals surface area (Å²) in [6.07, 6.45) is 3.09. The molecule has 2 N–H and O–H groups in total. The van der Waals surface area contributed by atoms with E-state index in [-0.39, 0.29) is 18.5 Å². The second-order valence-electron chi connectivity index (χ2n) is 5.38. The van der Waals surface area contributed by atoms with Gasteiger partial charge in [-0.25, -0.2) is 0 Å². The van der Waals surface area contributed by atoms with Gasteiger partial charge in [0.2, 0.25) is 12.2 Å². The molecule has 10 nitrogen and oxygen atoms in total. The monoisotopic (exact) mass is 330 g/mol. The van der Waals surface area contributed by atoms with Gasteiger partial charge in [0.05, 0.1) is 0 Å². The fraction of sp³-hybridized carbons (Fsp3) is 0.286. The number of nitrogens with zero attached hydrogens (tertiary/aromatic N) is 4. The Labute approximate surface area is 136 Å². The lowest BCUT2D eigenvalue weighted by molar-refractivity contribution is -0.394. The van der Waals surface area contributed by atoms with Crippen molar-refractivity contribution in [3.05, 3.63) is 46.3 Å². The third-order valence-electron chi connectivity index (χ3n) is 3.31. The summed E-state index contributed by atoms with van der Waals surface area (Å²) in [5, 5.41) is 19.5. The van der Waals surface area contributed by atoms with E-state index in [1.54, 1.807) is 24.3 Å². The van der Waals surface area contributed by atoms with Gasteiger partial charge in [0.1, 0.15) is 6.54 Å². The molecule has 0 unspecified atom stereocenters. The Kier molecular flexibility index (Phi) is 4.18. The Bertz CT molecular complexity index is 798. The van der Waals surface area contributed by atoms with Crippen LogP contribution in [0.25, 0.3) is 0 Å². The SMILES string of the molecule is O=C(Cn1cnc([N+](=O)[O-])n1)Nc1cccc(C(=O)NC2CC2)c1. The van der Waals surface area contributed by atoms with E-state index in [9.17, 15) is 19.7 Å². The zero-order valence-electron chi connectivity index (χ0n) is 12.5. The van der Waals surface area contributed by atoms with E-state index in [4.69, 9.17) is 0 Å². The highest BCUT2D eigenvalue weighted by atomic mass is 16.6. The second kappa shape index (κ2) is 6.44. The molecule has 1 fully saturated rings. The molecule has 1 aromatic heterocycles. The van der Waals surface area contributed by atoms with Gasteiger partial charge in [0.15, 0.2) is 0 Å². The van der Waals surface area contributed by atoms with E-state index in [1.165, 1.54) is 0 Å². The summed E-state index contributed by atoms with van der Waals surface area (Å²) in [5.41, 5.74) is 0.911. The Morgan fingerprint density at radius 3 is 2.83 bits per heavy atom. The molecule has 0 bridgehead atoms. The van der Waals surface area contributed by atoms with Crippen molar-refractivity contribution in [3.63, 3.8) is 0 Å². The maximum atomic E-state index is 12.0. The van der Waals surface area contributed by atoms with Crippen LogP contribution in [0.2, 0.25) is 0 Å². The molecule has 1 aliphatic rings. The summed E-state index contributed by atoms with van der Waals surface area (Å²) in [6.45, 7) is -0.223. The van der Waals surface area contributed by atoms with Gasteiger partial charge in [-0.1, -0.05) is 11.1 Å². The minimum absolute atomic E-state index is 0.180. The van der Waals surface area contributed by atoms with Gasteiger partial charge in [-0.2, -0.15) is 4.68 Å². The summed E-state index contributed by atoms with van der Waals surface area (Å²) >= 11 is 0. The molecule has 2 amide bonds. The molecule has 0 saturated heterocycles. The van der Waals surface area contributed by atoms with Crippen LogP contribution in [0.15, 0.2) is 30.6 Å². The first-order chi connectivity index (χ1) is 11.5. The molecular weight excluding hydrogens is 316 g/mol. The van der Waals surface area contributed by atoms with Crippen molar-refractivity contribution in [2.24, 2.45) is 0 Å². The quantitative estimate of drug-likeness (QED) is 0.592. The molecule has 0 atom stereocenters. The summed E-state index contributed by atoms with van der Waals surface area (Å²) < 4.78 is 1.07. The Balaban J connectivity index is 1.60. The minimum atomic E-state index is -0.740. The van der Waals surface area contributed by atoms with Gasteiger partial charge in [0, 0.05) is 22.4 Å². The van der Waals surface area contributed by atoms with E-state index in [2.05, 4.69) is 20.7 Å². The lowest BCUT2D eigenvalue weighted by Crippen LogP contribution is -2.25. The van der Waals surface area contributed by atoms with Crippen LogP contribution in [0.4, 0.5) is 11.6 Å². The summed E-state index contributed by atoms with van der Waals surface area (Å²) in [7, 11) is 0. The van der Waals surface area contributed by atoms with Crippen molar-refractivity contribution in [2.45, 2.75) is 25.4 Å². The Morgan fingerprint density at radius 2 is 2.17 bits per heavy atom. The highest BCUT2D eigenvalue weighted by Crippen LogP contribution is 2.20. The van der Waals surface area contributed by atoms with Gasteiger partial charge >= 0.3 is 5.95 Å². The van der Waals surface area contributed by atoms with Gasteiger partial charge in [0.25, 0.3) is 5.91 Å².